The van der Waals surface area contributed by atoms with Gasteiger partial charge in [-0.2, -0.15) is 0 Å². The van der Waals surface area contributed by atoms with E-state index < -0.39 is 5.60 Å². The molecule has 5 N–H and O–H groups in total. The molecule has 1 atom stereocenters. The number of carbonyl (C=O) groups excluding carboxylic acids is 1. The zero-order valence-electron chi connectivity index (χ0n) is 21.0. The van der Waals surface area contributed by atoms with E-state index >= 15 is 0 Å². The second kappa shape index (κ2) is 10.9. The maximum atomic E-state index is 11.8. The van der Waals surface area contributed by atoms with E-state index in [1.165, 1.54) is 6.08 Å². The summed E-state index contributed by atoms with van der Waals surface area (Å²) in [7, 11) is 1.61. The molecule has 0 bridgehead atoms. The molecule has 194 valence electrons. The summed E-state index contributed by atoms with van der Waals surface area (Å²) in [6.45, 7) is 5.85. The maximum Gasteiger partial charge on any atom is 0.247 e. The third-order valence-corrected chi connectivity index (χ3v) is 6.47. The number of fused-ring (bicyclic) bond motifs is 1. The van der Waals surface area contributed by atoms with Crippen molar-refractivity contribution in [2.45, 2.75) is 5.60 Å². The number of morpholine rings is 1. The highest BCUT2D eigenvalue weighted by Gasteiger charge is 2.34. The minimum Gasteiger partial charge on any atom is -0.495 e. The fraction of sp³-hybridized carbons (Fsp3) is 0.214. The number of methoxy groups -OCH3 is 1. The lowest BCUT2D eigenvalue weighted by Gasteiger charge is -2.37. The van der Waals surface area contributed by atoms with Crippen LogP contribution < -0.4 is 26.4 Å². The molecule has 2 aromatic heterocycles. The van der Waals surface area contributed by atoms with Gasteiger partial charge in [0.1, 0.15) is 11.4 Å². The van der Waals surface area contributed by atoms with Crippen LogP contribution >= 0.6 is 0 Å². The van der Waals surface area contributed by atoms with Gasteiger partial charge in [0.05, 0.1) is 30.6 Å². The Morgan fingerprint density at radius 3 is 2.92 bits per heavy atom. The van der Waals surface area contributed by atoms with Crippen LogP contribution in [0.1, 0.15) is 5.56 Å². The Morgan fingerprint density at radius 1 is 1.26 bits per heavy atom. The largest absolute Gasteiger partial charge is 0.495 e. The number of pyridine rings is 1. The van der Waals surface area contributed by atoms with Gasteiger partial charge in [0.2, 0.25) is 11.9 Å². The molecule has 10 heteroatoms. The van der Waals surface area contributed by atoms with Gasteiger partial charge >= 0.3 is 0 Å². The molecule has 0 radical (unpaired) electrons. The van der Waals surface area contributed by atoms with Crippen LogP contribution in [0.5, 0.6) is 5.75 Å². The molecular weight excluding hydrogens is 482 g/mol. The summed E-state index contributed by atoms with van der Waals surface area (Å²) in [6.07, 6.45) is 4.61. The molecule has 5 rings (SSSR count). The summed E-state index contributed by atoms with van der Waals surface area (Å²) in [5.74, 6) is 0.725. The molecule has 2 aromatic carbocycles. The average Bonchev–Trinajstić information content (AvgIpc) is 2.97. The van der Waals surface area contributed by atoms with Crippen LogP contribution in [0, 0.1) is 0 Å². The van der Waals surface area contributed by atoms with E-state index in [2.05, 4.69) is 32.5 Å². The highest BCUT2D eigenvalue weighted by molar-refractivity contribution is 5.99. The van der Waals surface area contributed by atoms with Gasteiger partial charge in [-0.15, -0.1) is 0 Å². The number of nitrogens with one attached hydrogen (secondary N) is 3. The molecule has 10 nitrogen and oxygen atoms in total. The zero-order chi connectivity index (χ0) is 26.5. The molecule has 3 heterocycles. The number of anilines is 3. The summed E-state index contributed by atoms with van der Waals surface area (Å²) in [4.78, 5) is 25.5. The van der Waals surface area contributed by atoms with Crippen molar-refractivity contribution in [2.75, 3.05) is 44.0 Å². The number of benzene rings is 2. The number of carbonyl (C=O) groups is 1. The molecule has 0 saturated carbocycles. The molecule has 1 aliphatic heterocycles. The molecule has 1 fully saturated rings. The van der Waals surface area contributed by atoms with Crippen LogP contribution in [0.4, 0.5) is 17.3 Å². The Morgan fingerprint density at radius 2 is 2.16 bits per heavy atom. The predicted molar refractivity (Wildman–Crippen MR) is 147 cm³/mol. The summed E-state index contributed by atoms with van der Waals surface area (Å²) in [6, 6.07) is 15.1. The first kappa shape index (κ1) is 25.3. The Balaban J connectivity index is 1.48. The minimum absolute atomic E-state index is 0.294. The number of hydrogen-bond donors (Lipinski definition) is 4. The van der Waals surface area contributed by atoms with E-state index in [0.717, 1.165) is 23.1 Å². The average molecular weight is 512 g/mol. The van der Waals surface area contributed by atoms with E-state index in [1.807, 2.05) is 36.4 Å². The summed E-state index contributed by atoms with van der Waals surface area (Å²) in [5.41, 5.74) is 9.93. The Labute approximate surface area is 220 Å². The lowest BCUT2D eigenvalue weighted by atomic mass is 9.92. The highest BCUT2D eigenvalue weighted by atomic mass is 16.5. The molecule has 0 unspecified atom stereocenters. The van der Waals surface area contributed by atoms with Crippen molar-refractivity contribution < 1.29 is 14.3 Å². The first-order chi connectivity index (χ1) is 18.5. The van der Waals surface area contributed by atoms with Gasteiger partial charge in [-0.05, 0) is 35.9 Å². The standard InChI is InChI=1S/C28H29N7O3/c1-3-25(36)33-20-9-10-31-23(14-20)21-6-4-5-18-15-32-27(35-26(18)21)34-22-8-7-19(13-24(22)37-2)28(16-29)17-30-11-12-38-28/h3-10,13-15,30H,1,11-12,16-17,29H2,2H3,(H,31,33,36)(H,32,34,35)/t28-/m1/s1. The first-order valence-corrected chi connectivity index (χ1v) is 12.2. The van der Waals surface area contributed by atoms with Crippen LogP contribution in [0.25, 0.3) is 22.2 Å². The van der Waals surface area contributed by atoms with Crippen LogP contribution in [0.15, 0.2) is 73.6 Å². The van der Waals surface area contributed by atoms with Crippen LogP contribution in [-0.4, -0.2) is 54.2 Å². The lowest BCUT2D eigenvalue weighted by molar-refractivity contribution is -0.111. The van der Waals surface area contributed by atoms with Gasteiger partial charge in [-0.3, -0.25) is 9.78 Å². The van der Waals surface area contributed by atoms with Crippen molar-refractivity contribution in [3.05, 3.63) is 79.1 Å². The van der Waals surface area contributed by atoms with Crippen molar-refractivity contribution >= 4 is 34.1 Å². The highest BCUT2D eigenvalue weighted by Crippen LogP contribution is 2.35. The second-order valence-electron chi connectivity index (χ2n) is 8.82. The van der Waals surface area contributed by atoms with Crippen molar-refractivity contribution in [1.29, 1.82) is 0 Å². The van der Waals surface area contributed by atoms with Crippen molar-refractivity contribution in [2.24, 2.45) is 5.73 Å². The number of nitrogens with zero attached hydrogens (tertiary/aromatic N) is 3. The van der Waals surface area contributed by atoms with E-state index in [-0.39, 0.29) is 5.91 Å². The summed E-state index contributed by atoms with van der Waals surface area (Å²) in [5, 5.41) is 10.2. The second-order valence-corrected chi connectivity index (χ2v) is 8.82. The zero-order valence-corrected chi connectivity index (χ0v) is 21.0. The number of para-hydroxylation sites is 1. The third-order valence-electron chi connectivity index (χ3n) is 6.47. The Kier molecular flexibility index (Phi) is 7.27. The smallest absolute Gasteiger partial charge is 0.247 e. The van der Waals surface area contributed by atoms with Gasteiger partial charge < -0.3 is 31.2 Å². The van der Waals surface area contributed by atoms with Crippen molar-refractivity contribution in [1.82, 2.24) is 20.3 Å². The fourth-order valence-electron chi connectivity index (χ4n) is 4.46. The normalized spacial score (nSPS) is 17.1. The molecule has 0 aliphatic carbocycles. The number of ether oxygens (including phenoxy) is 2. The number of nitrogens with two attached hydrogens (primary N) is 1. The van der Waals surface area contributed by atoms with Crippen LogP contribution in [-0.2, 0) is 15.1 Å². The maximum absolute atomic E-state index is 11.8. The summed E-state index contributed by atoms with van der Waals surface area (Å²) < 4.78 is 11.8. The van der Waals surface area contributed by atoms with Gasteiger partial charge in [0.25, 0.3) is 0 Å². The van der Waals surface area contributed by atoms with Gasteiger partial charge in [-0.25, -0.2) is 9.97 Å². The SMILES string of the molecule is C=CC(=O)Nc1ccnc(-c2cccc3cnc(Nc4ccc([C@@]5(CN)CNCCO5)cc4OC)nc23)c1. The minimum atomic E-state index is -0.606. The number of amides is 1. The molecule has 0 spiro atoms. The Bertz CT molecular complexity index is 1480. The van der Waals surface area contributed by atoms with Crippen LogP contribution in [0.3, 0.4) is 0 Å². The van der Waals surface area contributed by atoms with E-state index in [9.17, 15) is 4.79 Å². The molecule has 1 aliphatic rings. The molecular formula is C28H29N7O3. The monoisotopic (exact) mass is 511 g/mol. The Hall–Kier alpha value is -4.38. The molecule has 1 saturated heterocycles. The van der Waals surface area contributed by atoms with E-state index in [1.54, 1.807) is 31.6 Å². The third kappa shape index (κ3) is 5.05. The first-order valence-electron chi connectivity index (χ1n) is 12.2. The van der Waals surface area contributed by atoms with Crippen molar-refractivity contribution in [3.8, 4) is 17.0 Å². The molecule has 4 aromatic rings. The quantitative estimate of drug-likeness (QED) is 0.263. The van der Waals surface area contributed by atoms with Gasteiger partial charge in [0.15, 0.2) is 0 Å². The van der Waals surface area contributed by atoms with Crippen LogP contribution in [0.2, 0.25) is 0 Å². The molecule has 38 heavy (non-hydrogen) atoms. The van der Waals surface area contributed by atoms with Gasteiger partial charge in [0, 0.05) is 48.7 Å². The fourth-order valence-corrected chi connectivity index (χ4v) is 4.46. The van der Waals surface area contributed by atoms with Crippen molar-refractivity contribution in [3.63, 3.8) is 0 Å². The van der Waals surface area contributed by atoms with E-state index in [0.29, 0.717) is 54.0 Å². The topological polar surface area (TPSA) is 136 Å². The van der Waals surface area contributed by atoms with Gasteiger partial charge in [-0.1, -0.05) is 30.8 Å². The summed E-state index contributed by atoms with van der Waals surface area (Å²) >= 11 is 0. The number of aromatic nitrogens is 3. The number of rotatable bonds is 8. The predicted octanol–water partition coefficient (Wildman–Crippen LogP) is 3.34. The van der Waals surface area contributed by atoms with E-state index in [4.69, 9.17) is 20.2 Å². The molecule has 1 amide bonds. The number of hydrogen-bond acceptors (Lipinski definition) is 9. The lowest BCUT2D eigenvalue weighted by Crippen LogP contribution is -2.51.